The van der Waals surface area contributed by atoms with Gasteiger partial charge in [-0.1, -0.05) is 48.0 Å². The van der Waals surface area contributed by atoms with E-state index in [0.717, 1.165) is 38.5 Å². The first-order chi connectivity index (χ1) is 16.9. The molecule has 0 saturated carbocycles. The molecule has 3 rings (SSSR count). The third-order valence-electron chi connectivity index (χ3n) is 5.67. The molecule has 0 spiro atoms. The molecule has 0 saturated heterocycles. The minimum absolute atomic E-state index is 0.0943. The van der Waals surface area contributed by atoms with Gasteiger partial charge in [-0.3, -0.25) is 9.59 Å². The van der Waals surface area contributed by atoms with E-state index in [-0.39, 0.29) is 18.3 Å². The van der Waals surface area contributed by atoms with E-state index >= 15 is 0 Å². The molecule has 0 bridgehead atoms. The van der Waals surface area contributed by atoms with Gasteiger partial charge in [-0.15, -0.1) is 11.8 Å². The molecular formula is C29H33NO4S. The normalized spacial score (nSPS) is 10.6. The standard InChI is InChI=1S/C29H33NO4S/c1-5-30(28(31)20-35-24-10-8-7-9-11-24)19-23-16-21(3)12-14-25(23)26-17-22(13-15-27(26)33-4)18-29(32)34-6-2/h7-17H,5-6,18-20H2,1-4H3. The van der Waals surface area contributed by atoms with Gasteiger partial charge >= 0.3 is 5.97 Å². The summed E-state index contributed by atoms with van der Waals surface area (Å²) in [6.07, 6.45) is 0.197. The topological polar surface area (TPSA) is 55.8 Å². The summed E-state index contributed by atoms with van der Waals surface area (Å²) in [5.41, 5.74) is 4.89. The number of amides is 1. The van der Waals surface area contributed by atoms with Gasteiger partial charge in [0.1, 0.15) is 5.75 Å². The van der Waals surface area contributed by atoms with Gasteiger partial charge in [-0.2, -0.15) is 0 Å². The van der Waals surface area contributed by atoms with Crippen LogP contribution in [0.5, 0.6) is 5.75 Å². The van der Waals surface area contributed by atoms with E-state index in [1.54, 1.807) is 25.8 Å². The Hall–Kier alpha value is -3.25. The summed E-state index contributed by atoms with van der Waals surface area (Å²) in [6, 6.07) is 21.9. The third-order valence-corrected chi connectivity index (χ3v) is 6.67. The predicted octanol–water partition coefficient (Wildman–Crippen LogP) is 5.92. The van der Waals surface area contributed by atoms with Crippen molar-refractivity contribution in [2.45, 2.75) is 38.6 Å². The number of ether oxygens (including phenoxy) is 2. The molecule has 0 heterocycles. The number of nitrogens with zero attached hydrogens (tertiary/aromatic N) is 1. The number of aryl methyl sites for hydroxylation is 1. The van der Waals surface area contributed by atoms with Crippen molar-refractivity contribution in [2.75, 3.05) is 26.0 Å². The van der Waals surface area contributed by atoms with Crippen LogP contribution in [0.15, 0.2) is 71.6 Å². The van der Waals surface area contributed by atoms with E-state index < -0.39 is 0 Å². The van der Waals surface area contributed by atoms with Gasteiger partial charge in [0, 0.05) is 23.5 Å². The molecule has 0 aromatic heterocycles. The van der Waals surface area contributed by atoms with Gasteiger partial charge < -0.3 is 14.4 Å². The van der Waals surface area contributed by atoms with Crippen LogP contribution in [0.2, 0.25) is 0 Å². The number of hydrogen-bond acceptors (Lipinski definition) is 5. The van der Waals surface area contributed by atoms with Crippen LogP contribution in [0.25, 0.3) is 11.1 Å². The lowest BCUT2D eigenvalue weighted by Crippen LogP contribution is -2.32. The second kappa shape index (κ2) is 13.0. The lowest BCUT2D eigenvalue weighted by atomic mass is 9.94. The van der Waals surface area contributed by atoms with Crippen LogP contribution in [0.3, 0.4) is 0 Å². The average Bonchev–Trinajstić information content (AvgIpc) is 2.86. The molecule has 0 aliphatic carbocycles. The van der Waals surface area contributed by atoms with Crippen molar-refractivity contribution in [3.63, 3.8) is 0 Å². The Labute approximate surface area is 212 Å². The largest absolute Gasteiger partial charge is 0.496 e. The number of carbonyl (C=O) groups is 2. The fourth-order valence-electron chi connectivity index (χ4n) is 3.91. The number of methoxy groups -OCH3 is 1. The molecule has 3 aromatic rings. The summed E-state index contributed by atoms with van der Waals surface area (Å²) in [6.45, 7) is 7.31. The van der Waals surface area contributed by atoms with Crippen LogP contribution in [0.4, 0.5) is 0 Å². The Kier molecular flexibility index (Phi) is 9.79. The highest BCUT2D eigenvalue weighted by molar-refractivity contribution is 8.00. The van der Waals surface area contributed by atoms with Crippen molar-refractivity contribution in [3.05, 3.63) is 83.4 Å². The minimum atomic E-state index is -0.258. The number of benzene rings is 3. The zero-order chi connectivity index (χ0) is 25.2. The molecule has 0 unspecified atom stereocenters. The zero-order valence-electron chi connectivity index (χ0n) is 20.9. The van der Waals surface area contributed by atoms with Crippen LogP contribution in [0, 0.1) is 6.92 Å². The van der Waals surface area contributed by atoms with Crippen LogP contribution in [-0.2, 0) is 27.3 Å². The van der Waals surface area contributed by atoms with Gasteiger partial charge in [0.05, 0.1) is 25.9 Å². The summed E-state index contributed by atoms with van der Waals surface area (Å²) in [7, 11) is 1.64. The quantitative estimate of drug-likeness (QED) is 0.246. The highest BCUT2D eigenvalue weighted by Crippen LogP contribution is 2.35. The van der Waals surface area contributed by atoms with Gasteiger partial charge in [0.2, 0.25) is 5.91 Å². The van der Waals surface area contributed by atoms with Crippen LogP contribution >= 0.6 is 11.8 Å². The Morgan fingerprint density at radius 1 is 0.943 bits per heavy atom. The lowest BCUT2D eigenvalue weighted by molar-refractivity contribution is -0.142. The first kappa shape index (κ1) is 26.4. The smallest absolute Gasteiger partial charge is 0.310 e. The predicted molar refractivity (Wildman–Crippen MR) is 142 cm³/mol. The molecule has 35 heavy (non-hydrogen) atoms. The summed E-state index contributed by atoms with van der Waals surface area (Å²) < 4.78 is 10.8. The number of thioether (sulfide) groups is 1. The second-order valence-corrected chi connectivity index (χ2v) is 9.24. The summed E-state index contributed by atoms with van der Waals surface area (Å²) >= 11 is 1.55. The fraction of sp³-hybridized carbons (Fsp3) is 0.310. The molecule has 0 aliphatic rings. The Bertz CT molecular complexity index is 1150. The van der Waals surface area contributed by atoms with Gasteiger partial charge in [0.25, 0.3) is 0 Å². The Morgan fingerprint density at radius 2 is 1.71 bits per heavy atom. The van der Waals surface area contributed by atoms with Crippen molar-refractivity contribution in [1.29, 1.82) is 0 Å². The molecule has 184 valence electrons. The summed E-state index contributed by atoms with van der Waals surface area (Å²) in [5.74, 6) is 0.942. The second-order valence-electron chi connectivity index (χ2n) is 8.19. The molecule has 0 radical (unpaired) electrons. The molecule has 0 N–H and O–H groups in total. The molecule has 3 aromatic carbocycles. The Balaban J connectivity index is 1.87. The van der Waals surface area contributed by atoms with Crippen molar-refractivity contribution < 1.29 is 19.1 Å². The Morgan fingerprint density at radius 3 is 2.40 bits per heavy atom. The van der Waals surface area contributed by atoms with Crippen LogP contribution < -0.4 is 4.74 Å². The first-order valence-electron chi connectivity index (χ1n) is 11.8. The van der Waals surface area contributed by atoms with E-state index in [1.165, 1.54) is 0 Å². The van der Waals surface area contributed by atoms with E-state index in [4.69, 9.17) is 9.47 Å². The molecular weight excluding hydrogens is 458 g/mol. The van der Waals surface area contributed by atoms with Gasteiger partial charge in [-0.05, 0) is 61.7 Å². The monoisotopic (exact) mass is 491 g/mol. The van der Waals surface area contributed by atoms with Crippen LogP contribution in [0.1, 0.15) is 30.5 Å². The average molecular weight is 492 g/mol. The zero-order valence-corrected chi connectivity index (χ0v) is 21.7. The number of rotatable bonds is 11. The lowest BCUT2D eigenvalue weighted by Gasteiger charge is -2.23. The number of hydrogen-bond donors (Lipinski definition) is 0. The third kappa shape index (κ3) is 7.36. The highest BCUT2D eigenvalue weighted by Gasteiger charge is 2.18. The minimum Gasteiger partial charge on any atom is -0.496 e. The molecule has 6 heteroatoms. The maximum Gasteiger partial charge on any atom is 0.310 e. The fourth-order valence-corrected chi connectivity index (χ4v) is 4.73. The van der Waals surface area contributed by atoms with Gasteiger partial charge in [-0.25, -0.2) is 0 Å². The van der Waals surface area contributed by atoms with Gasteiger partial charge in [0.15, 0.2) is 0 Å². The first-order valence-corrected chi connectivity index (χ1v) is 12.8. The maximum absolute atomic E-state index is 13.1. The van der Waals surface area contributed by atoms with Crippen LogP contribution in [-0.4, -0.2) is 42.8 Å². The van der Waals surface area contributed by atoms with E-state index in [1.807, 2.05) is 67.3 Å². The van der Waals surface area contributed by atoms with Crippen molar-refractivity contribution in [3.8, 4) is 16.9 Å². The van der Waals surface area contributed by atoms with Crippen molar-refractivity contribution >= 4 is 23.6 Å². The maximum atomic E-state index is 13.1. The summed E-state index contributed by atoms with van der Waals surface area (Å²) in [5, 5.41) is 0. The number of carbonyl (C=O) groups excluding carboxylic acids is 2. The number of esters is 1. The molecule has 0 aliphatic heterocycles. The molecule has 1 amide bonds. The SMILES string of the molecule is CCOC(=O)Cc1ccc(OC)c(-c2ccc(C)cc2CN(CC)C(=O)CSc2ccccc2)c1. The van der Waals surface area contributed by atoms with Crippen molar-refractivity contribution in [1.82, 2.24) is 4.90 Å². The van der Waals surface area contributed by atoms with E-state index in [2.05, 4.69) is 18.2 Å². The summed E-state index contributed by atoms with van der Waals surface area (Å²) in [4.78, 5) is 28.1. The molecule has 5 nitrogen and oxygen atoms in total. The molecule has 0 fully saturated rings. The van der Waals surface area contributed by atoms with E-state index in [0.29, 0.717) is 25.4 Å². The van der Waals surface area contributed by atoms with Crippen molar-refractivity contribution in [2.24, 2.45) is 0 Å². The van der Waals surface area contributed by atoms with E-state index in [9.17, 15) is 9.59 Å². The highest BCUT2D eigenvalue weighted by atomic mass is 32.2. The molecule has 0 atom stereocenters.